The molecule has 0 saturated heterocycles. The van der Waals surface area contributed by atoms with Crippen LogP contribution in [0.25, 0.3) is 0 Å². The molecule has 0 aliphatic carbocycles. The standard InChI is InChI=1S/C7H9N3O3S/c1-14(12,13)10-9-7(11)6-2-4-8-5-3-6/h2-5,10H,1H3,(H,9,11). The zero-order valence-corrected chi connectivity index (χ0v) is 8.21. The summed E-state index contributed by atoms with van der Waals surface area (Å²) in [4.78, 5) is 16.8. The largest absolute Gasteiger partial charge is 0.274 e. The third-order valence-electron chi connectivity index (χ3n) is 1.29. The number of carbonyl (C=O) groups is 1. The summed E-state index contributed by atoms with van der Waals surface area (Å²) in [5.74, 6) is -0.530. The maximum atomic E-state index is 11.2. The quantitative estimate of drug-likeness (QED) is 0.651. The zero-order valence-electron chi connectivity index (χ0n) is 7.39. The first-order valence-electron chi connectivity index (χ1n) is 3.66. The number of amides is 1. The molecule has 1 aromatic rings. The Labute approximate surface area is 81.4 Å². The van der Waals surface area contributed by atoms with Gasteiger partial charge in [-0.3, -0.25) is 15.2 Å². The molecule has 7 heteroatoms. The number of hydrogen-bond acceptors (Lipinski definition) is 4. The number of rotatable bonds is 3. The van der Waals surface area contributed by atoms with Gasteiger partial charge in [-0.1, -0.05) is 0 Å². The Balaban J connectivity index is 2.61. The van der Waals surface area contributed by atoms with Crippen LogP contribution in [0.4, 0.5) is 0 Å². The summed E-state index contributed by atoms with van der Waals surface area (Å²) in [6.07, 6.45) is 3.82. The van der Waals surface area contributed by atoms with Gasteiger partial charge in [-0.05, 0) is 12.1 Å². The molecule has 0 aliphatic heterocycles. The van der Waals surface area contributed by atoms with E-state index < -0.39 is 15.9 Å². The molecule has 0 spiro atoms. The van der Waals surface area contributed by atoms with Gasteiger partial charge in [-0.15, -0.1) is 4.83 Å². The zero-order chi connectivity index (χ0) is 10.6. The van der Waals surface area contributed by atoms with Crippen molar-refractivity contribution in [2.75, 3.05) is 6.26 Å². The minimum Gasteiger partial charge on any atom is -0.274 e. The van der Waals surface area contributed by atoms with E-state index >= 15 is 0 Å². The summed E-state index contributed by atoms with van der Waals surface area (Å²) < 4.78 is 21.3. The summed E-state index contributed by atoms with van der Waals surface area (Å²) in [5.41, 5.74) is 2.36. The molecular formula is C7H9N3O3S. The lowest BCUT2D eigenvalue weighted by Crippen LogP contribution is -2.40. The predicted molar refractivity (Wildman–Crippen MR) is 49.7 cm³/mol. The number of aromatic nitrogens is 1. The van der Waals surface area contributed by atoms with E-state index in [0.717, 1.165) is 6.26 Å². The topological polar surface area (TPSA) is 88.2 Å². The molecule has 0 aromatic carbocycles. The fourth-order valence-corrected chi connectivity index (χ4v) is 0.993. The van der Waals surface area contributed by atoms with Gasteiger partial charge in [0.15, 0.2) is 0 Å². The molecule has 0 saturated carbocycles. The third kappa shape index (κ3) is 3.50. The van der Waals surface area contributed by atoms with Crippen molar-refractivity contribution in [1.82, 2.24) is 15.2 Å². The Morgan fingerprint density at radius 1 is 1.36 bits per heavy atom. The van der Waals surface area contributed by atoms with E-state index in [0.29, 0.717) is 5.56 Å². The molecule has 6 nitrogen and oxygen atoms in total. The molecule has 0 radical (unpaired) electrons. The van der Waals surface area contributed by atoms with E-state index in [-0.39, 0.29) is 0 Å². The van der Waals surface area contributed by atoms with Gasteiger partial charge >= 0.3 is 0 Å². The van der Waals surface area contributed by atoms with Gasteiger partial charge in [-0.2, -0.15) is 0 Å². The van der Waals surface area contributed by atoms with Gasteiger partial charge < -0.3 is 0 Å². The molecule has 0 bridgehead atoms. The van der Waals surface area contributed by atoms with Gasteiger partial charge in [-0.25, -0.2) is 8.42 Å². The maximum absolute atomic E-state index is 11.2. The predicted octanol–water partition coefficient (Wildman–Crippen LogP) is -0.724. The van der Waals surface area contributed by atoms with Crippen molar-refractivity contribution >= 4 is 15.9 Å². The van der Waals surface area contributed by atoms with Crippen LogP contribution in [0.2, 0.25) is 0 Å². The molecule has 2 N–H and O–H groups in total. The van der Waals surface area contributed by atoms with Crippen molar-refractivity contribution < 1.29 is 13.2 Å². The summed E-state index contributed by atoms with van der Waals surface area (Å²) in [7, 11) is -3.42. The average Bonchev–Trinajstić information content (AvgIpc) is 2.14. The second-order valence-electron chi connectivity index (χ2n) is 2.56. The number of hydrogen-bond donors (Lipinski definition) is 2. The molecule has 0 aliphatic rings. The van der Waals surface area contributed by atoms with Crippen molar-refractivity contribution in [3.63, 3.8) is 0 Å². The highest BCUT2D eigenvalue weighted by molar-refractivity contribution is 7.88. The summed E-state index contributed by atoms with van der Waals surface area (Å²) >= 11 is 0. The van der Waals surface area contributed by atoms with Crippen LogP contribution in [0.3, 0.4) is 0 Å². The minimum atomic E-state index is -3.42. The summed E-state index contributed by atoms with van der Waals surface area (Å²) in [6.45, 7) is 0. The van der Waals surface area contributed by atoms with Crippen molar-refractivity contribution in [3.05, 3.63) is 30.1 Å². The van der Waals surface area contributed by atoms with Crippen LogP contribution in [0.15, 0.2) is 24.5 Å². The minimum absolute atomic E-state index is 0.330. The van der Waals surface area contributed by atoms with Gasteiger partial charge in [0.2, 0.25) is 10.0 Å². The number of nitrogens with one attached hydrogen (secondary N) is 2. The first kappa shape index (κ1) is 10.6. The van der Waals surface area contributed by atoms with Crippen LogP contribution in [-0.4, -0.2) is 25.6 Å². The highest BCUT2D eigenvalue weighted by Crippen LogP contribution is 1.94. The first-order valence-corrected chi connectivity index (χ1v) is 5.55. The van der Waals surface area contributed by atoms with Crippen LogP contribution < -0.4 is 10.3 Å². The Kier molecular flexibility index (Phi) is 3.15. The van der Waals surface area contributed by atoms with Gasteiger partial charge in [0.25, 0.3) is 5.91 Å². The van der Waals surface area contributed by atoms with Gasteiger partial charge in [0.1, 0.15) is 0 Å². The third-order valence-corrected chi connectivity index (χ3v) is 1.77. The van der Waals surface area contributed by atoms with Crippen LogP contribution in [-0.2, 0) is 10.0 Å². The van der Waals surface area contributed by atoms with Crippen LogP contribution >= 0.6 is 0 Å². The van der Waals surface area contributed by atoms with Crippen LogP contribution in [0, 0.1) is 0 Å². The number of carbonyl (C=O) groups excluding carboxylic acids is 1. The second kappa shape index (κ2) is 4.16. The number of hydrazine groups is 1. The van der Waals surface area contributed by atoms with E-state index in [2.05, 4.69) is 4.98 Å². The Morgan fingerprint density at radius 2 is 1.93 bits per heavy atom. The molecule has 1 aromatic heterocycles. The number of sulfonamides is 1. The smallest absolute Gasteiger partial charge is 0.266 e. The molecular weight excluding hydrogens is 206 g/mol. The molecule has 76 valence electrons. The fraction of sp³-hybridized carbons (Fsp3) is 0.143. The van der Waals surface area contributed by atoms with Gasteiger partial charge in [0.05, 0.1) is 6.26 Å². The molecule has 1 heterocycles. The average molecular weight is 215 g/mol. The van der Waals surface area contributed by atoms with E-state index in [1.807, 2.05) is 10.3 Å². The molecule has 14 heavy (non-hydrogen) atoms. The van der Waals surface area contributed by atoms with Crippen molar-refractivity contribution in [3.8, 4) is 0 Å². The van der Waals surface area contributed by atoms with E-state index in [4.69, 9.17) is 0 Å². The Bertz CT molecular complexity index is 415. The molecule has 0 atom stereocenters. The molecule has 1 amide bonds. The summed E-state index contributed by atoms with van der Waals surface area (Å²) in [6, 6.07) is 2.94. The lowest BCUT2D eigenvalue weighted by Gasteiger charge is -2.03. The maximum Gasteiger partial charge on any atom is 0.266 e. The van der Waals surface area contributed by atoms with Crippen molar-refractivity contribution in [2.45, 2.75) is 0 Å². The first-order chi connectivity index (χ1) is 6.49. The monoisotopic (exact) mass is 215 g/mol. The Hall–Kier alpha value is -1.47. The number of pyridine rings is 1. The Morgan fingerprint density at radius 3 is 2.43 bits per heavy atom. The molecule has 0 fully saturated rings. The van der Waals surface area contributed by atoms with Crippen LogP contribution in [0.5, 0.6) is 0 Å². The fourth-order valence-electron chi connectivity index (χ4n) is 0.715. The van der Waals surface area contributed by atoms with Crippen molar-refractivity contribution in [1.29, 1.82) is 0 Å². The lowest BCUT2D eigenvalue weighted by atomic mass is 10.3. The highest BCUT2D eigenvalue weighted by atomic mass is 32.2. The van der Waals surface area contributed by atoms with Gasteiger partial charge in [0, 0.05) is 18.0 Å². The van der Waals surface area contributed by atoms with Crippen LogP contribution in [0.1, 0.15) is 10.4 Å². The summed E-state index contributed by atoms with van der Waals surface area (Å²) in [5, 5.41) is 0. The van der Waals surface area contributed by atoms with E-state index in [1.165, 1.54) is 24.5 Å². The normalized spacial score (nSPS) is 10.9. The van der Waals surface area contributed by atoms with Crippen molar-refractivity contribution in [2.24, 2.45) is 0 Å². The lowest BCUT2D eigenvalue weighted by molar-refractivity contribution is 0.0945. The molecule has 1 rings (SSSR count). The highest BCUT2D eigenvalue weighted by Gasteiger charge is 2.06. The van der Waals surface area contributed by atoms with E-state index in [9.17, 15) is 13.2 Å². The second-order valence-corrected chi connectivity index (χ2v) is 4.31. The number of nitrogens with zero attached hydrogens (tertiary/aromatic N) is 1. The SMILES string of the molecule is CS(=O)(=O)NNC(=O)c1ccncc1. The molecule has 0 unspecified atom stereocenters. The van der Waals surface area contributed by atoms with E-state index in [1.54, 1.807) is 0 Å².